The molecule has 0 bridgehead atoms. The van der Waals surface area contributed by atoms with E-state index in [1.165, 1.54) is 6.07 Å². The van der Waals surface area contributed by atoms with Crippen molar-refractivity contribution in [1.82, 2.24) is 19.9 Å². The zero-order valence-corrected chi connectivity index (χ0v) is 25.0. The van der Waals surface area contributed by atoms with E-state index in [0.717, 1.165) is 34.0 Å². The van der Waals surface area contributed by atoms with Crippen LogP contribution in [0.25, 0.3) is 21.8 Å². The molecule has 0 aliphatic carbocycles. The number of anilines is 2. The number of carbonyl (C=O) groups is 1. The van der Waals surface area contributed by atoms with Gasteiger partial charge in [0, 0.05) is 62.4 Å². The third-order valence-corrected chi connectivity index (χ3v) is 8.16. The molecule has 42 heavy (non-hydrogen) atoms. The van der Waals surface area contributed by atoms with Crippen molar-refractivity contribution in [3.63, 3.8) is 0 Å². The average Bonchev–Trinajstić information content (AvgIpc) is 3.43. The molecule has 3 heterocycles. The maximum absolute atomic E-state index is 15.0. The van der Waals surface area contributed by atoms with Gasteiger partial charge in [0.15, 0.2) is 11.6 Å². The number of rotatable bonds is 10. The molecule has 2 aromatic carbocycles. The fourth-order valence-electron chi connectivity index (χ4n) is 4.82. The molecule has 0 radical (unpaired) electrons. The van der Waals surface area contributed by atoms with E-state index in [1.807, 2.05) is 24.3 Å². The molecule has 1 saturated heterocycles. The van der Waals surface area contributed by atoms with Gasteiger partial charge in [0.2, 0.25) is 11.9 Å². The van der Waals surface area contributed by atoms with Gasteiger partial charge in [0.1, 0.15) is 17.6 Å². The summed E-state index contributed by atoms with van der Waals surface area (Å²) in [5.41, 5.74) is 2.84. The average molecular weight is 592 g/mol. The fourth-order valence-corrected chi connectivity index (χ4v) is 5.97. The number of nitrogens with zero attached hydrogens (tertiary/aromatic N) is 4. The number of hydrogen-bond donors (Lipinski definition) is 1. The molecule has 1 amide bonds. The van der Waals surface area contributed by atoms with E-state index in [2.05, 4.69) is 17.2 Å². The Morgan fingerprint density at radius 2 is 1.81 bits per heavy atom. The number of aryl methyl sites for hydroxylation is 1. The highest BCUT2D eigenvalue weighted by Crippen LogP contribution is 2.39. The van der Waals surface area contributed by atoms with Gasteiger partial charge in [-0.3, -0.25) is 4.79 Å². The molecule has 4 aromatic rings. The summed E-state index contributed by atoms with van der Waals surface area (Å²) in [4.78, 5) is 28.3. The number of hydrogen-bond acceptors (Lipinski definition) is 9. The molecule has 9 nitrogen and oxygen atoms in total. The number of aromatic nitrogens is 3. The van der Waals surface area contributed by atoms with Crippen LogP contribution in [0.3, 0.4) is 0 Å². The van der Waals surface area contributed by atoms with Gasteiger partial charge >= 0.3 is 0 Å². The minimum atomic E-state index is -0.480. The molecule has 1 N–H and O–H groups in total. The lowest BCUT2D eigenvalue weighted by atomic mass is 10.1. The molecule has 220 valence electrons. The SMILES string of the molecule is CCCc1nc(-c2cc(OC)cc(OC)c2)c(-c2ccnc(Nc3ccc(OC4CCN(C(C)=O)CC4)c(F)c3)n2)s1. The molecule has 1 fully saturated rings. The second-order valence-electron chi connectivity index (χ2n) is 10.00. The van der Waals surface area contributed by atoms with Crippen LogP contribution in [0.1, 0.15) is 38.1 Å². The number of thiazole rings is 1. The monoisotopic (exact) mass is 591 g/mol. The van der Waals surface area contributed by atoms with E-state index in [-0.39, 0.29) is 17.8 Å². The maximum Gasteiger partial charge on any atom is 0.227 e. The lowest BCUT2D eigenvalue weighted by Gasteiger charge is -2.31. The summed E-state index contributed by atoms with van der Waals surface area (Å²) >= 11 is 1.59. The first-order valence-corrected chi connectivity index (χ1v) is 14.7. The summed E-state index contributed by atoms with van der Waals surface area (Å²) in [6.07, 6.45) is 4.68. The summed E-state index contributed by atoms with van der Waals surface area (Å²) in [6, 6.07) is 12.2. The van der Waals surface area contributed by atoms with E-state index >= 15 is 0 Å². The second kappa shape index (κ2) is 13.2. The molecule has 2 aromatic heterocycles. The van der Waals surface area contributed by atoms with Gasteiger partial charge in [0.05, 0.1) is 35.5 Å². The zero-order chi connectivity index (χ0) is 29.6. The van der Waals surface area contributed by atoms with Crippen LogP contribution in [0.5, 0.6) is 17.2 Å². The number of benzene rings is 2. The van der Waals surface area contributed by atoms with Crippen molar-refractivity contribution in [1.29, 1.82) is 0 Å². The standard InChI is InChI=1S/C31H34FN5O4S/c1-5-6-28-36-29(20-15-23(39-3)18-24(16-20)40-4)30(42-28)26-9-12-33-31(35-26)34-21-7-8-27(25(32)17-21)41-22-10-13-37(14-11-22)19(2)38/h7-9,12,15-18,22H,5-6,10-11,13-14H2,1-4H3,(H,33,34,35). The third kappa shape index (κ3) is 6.79. The van der Waals surface area contributed by atoms with Crippen LogP contribution in [0.4, 0.5) is 16.0 Å². The molecule has 0 atom stereocenters. The third-order valence-electron chi connectivity index (χ3n) is 7.02. The van der Waals surface area contributed by atoms with Crippen molar-refractivity contribution in [2.45, 2.75) is 45.6 Å². The van der Waals surface area contributed by atoms with Crippen molar-refractivity contribution >= 4 is 28.9 Å². The number of methoxy groups -OCH3 is 2. The Morgan fingerprint density at radius 1 is 1.07 bits per heavy atom. The van der Waals surface area contributed by atoms with Crippen LogP contribution >= 0.6 is 11.3 Å². The minimum Gasteiger partial charge on any atom is -0.497 e. The van der Waals surface area contributed by atoms with Gasteiger partial charge in [0.25, 0.3) is 0 Å². The predicted molar refractivity (Wildman–Crippen MR) is 161 cm³/mol. The summed E-state index contributed by atoms with van der Waals surface area (Å²) in [5.74, 6) is 1.42. The summed E-state index contributed by atoms with van der Waals surface area (Å²) < 4.78 is 31.9. The number of nitrogens with one attached hydrogen (secondary N) is 1. The van der Waals surface area contributed by atoms with E-state index in [4.69, 9.17) is 24.2 Å². The Balaban J connectivity index is 1.36. The Labute approximate surface area is 248 Å². The molecular weight excluding hydrogens is 557 g/mol. The van der Waals surface area contributed by atoms with Crippen LogP contribution in [0, 0.1) is 5.82 Å². The highest BCUT2D eigenvalue weighted by atomic mass is 32.1. The van der Waals surface area contributed by atoms with E-state index in [0.29, 0.717) is 54.8 Å². The Kier molecular flexibility index (Phi) is 9.16. The number of amides is 1. The van der Waals surface area contributed by atoms with Crippen LogP contribution in [-0.2, 0) is 11.2 Å². The lowest BCUT2D eigenvalue weighted by Crippen LogP contribution is -2.40. The molecular formula is C31H34FN5O4S. The first-order chi connectivity index (χ1) is 20.4. The smallest absolute Gasteiger partial charge is 0.227 e. The molecule has 11 heteroatoms. The molecule has 0 unspecified atom stereocenters. The first kappa shape index (κ1) is 29.2. The number of ether oxygens (including phenoxy) is 3. The van der Waals surface area contributed by atoms with Crippen LogP contribution < -0.4 is 19.5 Å². The number of carbonyl (C=O) groups excluding carboxylic acids is 1. The molecule has 0 spiro atoms. The van der Waals surface area contributed by atoms with E-state index in [9.17, 15) is 9.18 Å². The van der Waals surface area contributed by atoms with Crippen molar-refractivity contribution in [3.8, 4) is 39.1 Å². The minimum absolute atomic E-state index is 0.0508. The molecule has 0 saturated carbocycles. The number of likely N-dealkylation sites (tertiary alicyclic amines) is 1. The van der Waals surface area contributed by atoms with Gasteiger partial charge in [-0.05, 0) is 43.2 Å². The lowest BCUT2D eigenvalue weighted by molar-refractivity contribution is -0.130. The summed E-state index contributed by atoms with van der Waals surface area (Å²) in [7, 11) is 3.23. The maximum atomic E-state index is 15.0. The Morgan fingerprint density at radius 3 is 2.45 bits per heavy atom. The van der Waals surface area contributed by atoms with Gasteiger partial charge in [-0.2, -0.15) is 0 Å². The fraction of sp³-hybridized carbons (Fsp3) is 0.355. The topological polar surface area (TPSA) is 98.7 Å². The van der Waals surface area contributed by atoms with Crippen molar-refractivity contribution in [3.05, 3.63) is 59.5 Å². The van der Waals surface area contributed by atoms with E-state index in [1.54, 1.807) is 55.7 Å². The number of halogens is 1. The quantitative estimate of drug-likeness (QED) is 0.223. The van der Waals surface area contributed by atoms with Crippen molar-refractivity contribution < 1.29 is 23.4 Å². The first-order valence-electron chi connectivity index (χ1n) is 13.9. The zero-order valence-electron chi connectivity index (χ0n) is 24.1. The van der Waals surface area contributed by atoms with Crippen molar-refractivity contribution in [2.75, 3.05) is 32.6 Å². The van der Waals surface area contributed by atoms with Crippen LogP contribution in [0.15, 0.2) is 48.7 Å². The second-order valence-corrected chi connectivity index (χ2v) is 11.1. The van der Waals surface area contributed by atoms with Crippen LogP contribution in [-0.4, -0.2) is 59.2 Å². The Bertz CT molecular complexity index is 1530. The van der Waals surface area contributed by atoms with Crippen molar-refractivity contribution in [2.24, 2.45) is 0 Å². The molecule has 1 aliphatic rings. The molecule has 5 rings (SSSR count). The highest BCUT2D eigenvalue weighted by molar-refractivity contribution is 7.15. The van der Waals surface area contributed by atoms with Gasteiger partial charge in [-0.1, -0.05) is 6.92 Å². The molecule has 1 aliphatic heterocycles. The van der Waals surface area contributed by atoms with Gasteiger partial charge in [-0.25, -0.2) is 19.3 Å². The predicted octanol–water partition coefficient (Wildman–Crippen LogP) is 6.51. The largest absolute Gasteiger partial charge is 0.497 e. The van der Waals surface area contributed by atoms with E-state index < -0.39 is 5.82 Å². The van der Waals surface area contributed by atoms with Gasteiger partial charge < -0.3 is 24.4 Å². The number of piperidine rings is 1. The van der Waals surface area contributed by atoms with Crippen LogP contribution in [0.2, 0.25) is 0 Å². The Hall–Kier alpha value is -4.25. The highest BCUT2D eigenvalue weighted by Gasteiger charge is 2.23. The summed E-state index contributed by atoms with van der Waals surface area (Å²) in [6.45, 7) is 4.90. The summed E-state index contributed by atoms with van der Waals surface area (Å²) in [5, 5.41) is 4.12. The van der Waals surface area contributed by atoms with Gasteiger partial charge in [-0.15, -0.1) is 11.3 Å². The normalized spacial score (nSPS) is 13.6.